The molecule has 2 aromatic rings. The molecule has 0 heterocycles. The van der Waals surface area contributed by atoms with Crippen molar-refractivity contribution in [3.8, 4) is 5.75 Å². The maximum atomic E-state index is 13.3. The summed E-state index contributed by atoms with van der Waals surface area (Å²) in [5, 5.41) is 26.3. The molecular weight excluding hydrogens is 538 g/mol. The predicted octanol–water partition coefficient (Wildman–Crippen LogP) is -0.328. The summed E-state index contributed by atoms with van der Waals surface area (Å²) in [5.41, 5.74) is 12.8. The van der Waals surface area contributed by atoms with E-state index < -0.39 is 60.2 Å². The van der Waals surface area contributed by atoms with E-state index in [9.17, 15) is 34.2 Å². The summed E-state index contributed by atoms with van der Waals surface area (Å²) in [7, 11) is 0. The van der Waals surface area contributed by atoms with Crippen LogP contribution < -0.4 is 27.4 Å². The topological polar surface area (TPSA) is 214 Å². The minimum Gasteiger partial charge on any atom is -0.508 e. The molecule has 0 bridgehead atoms. The number of aliphatic carboxylic acids is 1. The average molecular weight is 574 g/mol. The van der Waals surface area contributed by atoms with Gasteiger partial charge in [0.25, 0.3) is 0 Å². The molecular formula is C27H35N5O7S. The van der Waals surface area contributed by atoms with Gasteiger partial charge in [0.05, 0.1) is 12.5 Å². The molecule has 0 aliphatic heterocycles. The normalized spacial score (nSPS) is 13.8. The van der Waals surface area contributed by atoms with Crippen LogP contribution in [-0.2, 0) is 36.8 Å². The quantitative estimate of drug-likeness (QED) is 0.140. The molecule has 2 rings (SSSR count). The lowest BCUT2D eigenvalue weighted by Gasteiger charge is -2.25. The molecule has 0 saturated carbocycles. The van der Waals surface area contributed by atoms with E-state index in [1.54, 1.807) is 48.7 Å². The molecule has 40 heavy (non-hydrogen) atoms. The van der Waals surface area contributed by atoms with E-state index in [0.29, 0.717) is 16.9 Å². The Morgan fingerprint density at radius 3 is 1.93 bits per heavy atom. The molecule has 2 aromatic carbocycles. The van der Waals surface area contributed by atoms with E-state index >= 15 is 0 Å². The molecule has 0 aliphatic carbocycles. The molecule has 4 amide bonds. The van der Waals surface area contributed by atoms with Crippen LogP contribution in [0.5, 0.6) is 5.75 Å². The molecule has 0 fully saturated rings. The Balaban J connectivity index is 2.20. The molecule has 216 valence electrons. The number of rotatable bonds is 16. The lowest BCUT2D eigenvalue weighted by Crippen LogP contribution is -2.58. The fourth-order valence-electron chi connectivity index (χ4n) is 3.76. The summed E-state index contributed by atoms with van der Waals surface area (Å²) in [6, 6.07) is 10.0. The largest absolute Gasteiger partial charge is 0.508 e. The van der Waals surface area contributed by atoms with Crippen molar-refractivity contribution >= 4 is 41.4 Å². The standard InChI is InChI=1S/C27H35N5O7S/c1-40-12-11-20(27(38)39)30-26(37)22(15-23(29)34)32-25(36)21(14-16-5-3-2-4-6-16)31-24(35)19(28)13-17-7-9-18(33)10-8-17/h2-10,19-22,33H,11-15,28H2,1H3,(H2,29,34)(H,30,37)(H,31,35)(H,32,36)(H,38,39). The summed E-state index contributed by atoms with van der Waals surface area (Å²) >= 11 is 1.40. The van der Waals surface area contributed by atoms with E-state index in [4.69, 9.17) is 11.5 Å². The van der Waals surface area contributed by atoms with Crippen molar-refractivity contribution in [3.05, 3.63) is 65.7 Å². The number of carboxylic acid groups (broad SMARTS) is 1. The fourth-order valence-corrected chi connectivity index (χ4v) is 4.24. The second kappa shape index (κ2) is 16.1. The van der Waals surface area contributed by atoms with Gasteiger partial charge < -0.3 is 37.6 Å². The molecule has 0 radical (unpaired) electrons. The number of hydrogen-bond donors (Lipinski definition) is 7. The number of aromatic hydroxyl groups is 1. The van der Waals surface area contributed by atoms with E-state index in [2.05, 4.69) is 16.0 Å². The first-order chi connectivity index (χ1) is 19.0. The maximum Gasteiger partial charge on any atom is 0.326 e. The van der Waals surface area contributed by atoms with Gasteiger partial charge >= 0.3 is 5.97 Å². The fraction of sp³-hybridized carbons (Fsp3) is 0.370. The van der Waals surface area contributed by atoms with Crippen molar-refractivity contribution in [2.24, 2.45) is 11.5 Å². The van der Waals surface area contributed by atoms with Gasteiger partial charge in [0.15, 0.2) is 0 Å². The number of nitrogens with one attached hydrogen (secondary N) is 3. The Hall–Kier alpha value is -4.10. The van der Waals surface area contributed by atoms with Crippen LogP contribution in [0.4, 0.5) is 0 Å². The van der Waals surface area contributed by atoms with Gasteiger partial charge in [-0.1, -0.05) is 42.5 Å². The van der Waals surface area contributed by atoms with Gasteiger partial charge in [0, 0.05) is 6.42 Å². The number of benzene rings is 2. The Labute approximate surface area is 236 Å². The Kier molecular flexibility index (Phi) is 12.9. The van der Waals surface area contributed by atoms with Gasteiger partial charge in [-0.25, -0.2) is 4.79 Å². The molecule has 4 unspecified atom stereocenters. The van der Waals surface area contributed by atoms with Crippen molar-refractivity contribution in [2.75, 3.05) is 12.0 Å². The number of carboxylic acids is 1. The molecule has 13 heteroatoms. The van der Waals surface area contributed by atoms with E-state index in [0.717, 1.165) is 0 Å². The van der Waals surface area contributed by atoms with Gasteiger partial charge in [-0.2, -0.15) is 11.8 Å². The van der Waals surface area contributed by atoms with Crippen LogP contribution in [0.3, 0.4) is 0 Å². The number of primary amides is 1. The van der Waals surface area contributed by atoms with E-state index in [1.165, 1.54) is 23.9 Å². The third-order valence-electron chi connectivity index (χ3n) is 5.91. The smallest absolute Gasteiger partial charge is 0.326 e. The maximum absolute atomic E-state index is 13.3. The third-order valence-corrected chi connectivity index (χ3v) is 6.55. The summed E-state index contributed by atoms with van der Waals surface area (Å²) in [5.74, 6) is -3.95. The number of nitrogens with two attached hydrogens (primary N) is 2. The van der Waals surface area contributed by atoms with Crippen molar-refractivity contribution in [1.82, 2.24) is 16.0 Å². The van der Waals surface area contributed by atoms with E-state index in [1.807, 2.05) is 0 Å². The minimum absolute atomic E-state index is 0.0424. The molecule has 4 atom stereocenters. The van der Waals surface area contributed by atoms with Crippen LogP contribution in [-0.4, -0.2) is 76.0 Å². The van der Waals surface area contributed by atoms with Crippen LogP contribution in [0.1, 0.15) is 24.0 Å². The second-order valence-corrected chi connectivity index (χ2v) is 10.1. The number of phenolic OH excluding ortho intramolecular Hbond substituents is 1. The van der Waals surface area contributed by atoms with Crippen molar-refractivity contribution < 1.29 is 34.2 Å². The van der Waals surface area contributed by atoms with Gasteiger partial charge in [-0.05, 0) is 48.1 Å². The molecule has 9 N–H and O–H groups in total. The highest BCUT2D eigenvalue weighted by atomic mass is 32.2. The van der Waals surface area contributed by atoms with Crippen molar-refractivity contribution in [1.29, 1.82) is 0 Å². The highest BCUT2D eigenvalue weighted by Gasteiger charge is 2.31. The second-order valence-electron chi connectivity index (χ2n) is 9.14. The van der Waals surface area contributed by atoms with Crippen LogP contribution in [0, 0.1) is 0 Å². The Morgan fingerprint density at radius 2 is 1.35 bits per heavy atom. The van der Waals surface area contributed by atoms with Gasteiger partial charge in [0.2, 0.25) is 23.6 Å². The van der Waals surface area contributed by atoms with Crippen LogP contribution in [0.25, 0.3) is 0 Å². The first-order valence-corrected chi connectivity index (χ1v) is 13.9. The molecule has 0 aromatic heterocycles. The molecule has 0 aliphatic rings. The number of carbonyl (C=O) groups is 5. The SMILES string of the molecule is CSCCC(NC(=O)C(CC(N)=O)NC(=O)C(Cc1ccccc1)NC(=O)C(N)Cc1ccc(O)cc1)C(=O)O. The van der Waals surface area contributed by atoms with Crippen LogP contribution in [0.2, 0.25) is 0 Å². The Bertz CT molecular complexity index is 1160. The summed E-state index contributed by atoms with van der Waals surface area (Å²) < 4.78 is 0. The average Bonchev–Trinajstić information content (AvgIpc) is 2.91. The monoisotopic (exact) mass is 573 g/mol. The summed E-state index contributed by atoms with van der Waals surface area (Å²) in [6.07, 6.45) is 1.50. The third kappa shape index (κ3) is 10.9. The lowest BCUT2D eigenvalue weighted by molar-refractivity contribution is -0.142. The number of thioether (sulfide) groups is 1. The first-order valence-electron chi connectivity index (χ1n) is 12.5. The van der Waals surface area contributed by atoms with E-state index in [-0.39, 0.29) is 25.0 Å². The predicted molar refractivity (Wildman–Crippen MR) is 150 cm³/mol. The highest BCUT2D eigenvalue weighted by Crippen LogP contribution is 2.12. The minimum atomic E-state index is -1.47. The lowest BCUT2D eigenvalue weighted by atomic mass is 10.0. The molecule has 12 nitrogen and oxygen atoms in total. The zero-order valence-electron chi connectivity index (χ0n) is 22.0. The number of hydrogen-bond acceptors (Lipinski definition) is 8. The zero-order chi connectivity index (χ0) is 29.7. The van der Waals surface area contributed by atoms with Crippen LogP contribution in [0.15, 0.2) is 54.6 Å². The Morgan fingerprint density at radius 1 is 0.800 bits per heavy atom. The summed E-state index contributed by atoms with van der Waals surface area (Å²) in [4.78, 5) is 62.5. The van der Waals surface area contributed by atoms with Gasteiger partial charge in [-0.15, -0.1) is 0 Å². The van der Waals surface area contributed by atoms with Crippen molar-refractivity contribution in [2.45, 2.75) is 49.9 Å². The van der Waals surface area contributed by atoms with Gasteiger partial charge in [0.1, 0.15) is 23.9 Å². The van der Waals surface area contributed by atoms with Crippen LogP contribution >= 0.6 is 11.8 Å². The number of phenols is 1. The molecule has 0 spiro atoms. The summed E-state index contributed by atoms with van der Waals surface area (Å²) in [6.45, 7) is 0. The first kappa shape index (κ1) is 32.1. The van der Waals surface area contributed by atoms with Crippen molar-refractivity contribution in [3.63, 3.8) is 0 Å². The number of carbonyl (C=O) groups excluding carboxylic acids is 4. The number of amides is 4. The highest BCUT2D eigenvalue weighted by molar-refractivity contribution is 7.98. The zero-order valence-corrected chi connectivity index (χ0v) is 22.9. The molecule has 0 saturated heterocycles. The van der Waals surface area contributed by atoms with Gasteiger partial charge in [-0.3, -0.25) is 19.2 Å².